The molecule has 2 aromatic rings. The molecule has 5 nitrogen and oxygen atoms in total. The second kappa shape index (κ2) is 5.44. The predicted octanol–water partition coefficient (Wildman–Crippen LogP) is 2.25. The molecular formula is C16H16N2O3. The Balaban J connectivity index is 1.81. The SMILES string of the molecule is COc1ccc(CN2Cc3c(OC)ccnc3C2=O)cc1. The third-order valence-corrected chi connectivity index (χ3v) is 3.60. The van der Waals surface area contributed by atoms with Crippen molar-refractivity contribution in [1.29, 1.82) is 0 Å². The highest BCUT2D eigenvalue weighted by Gasteiger charge is 2.31. The molecule has 0 saturated carbocycles. The molecule has 0 radical (unpaired) electrons. The van der Waals surface area contributed by atoms with E-state index in [1.165, 1.54) is 0 Å². The molecule has 1 aromatic carbocycles. The van der Waals surface area contributed by atoms with Crippen LogP contribution in [0.5, 0.6) is 11.5 Å². The summed E-state index contributed by atoms with van der Waals surface area (Å²) in [6.45, 7) is 1.07. The summed E-state index contributed by atoms with van der Waals surface area (Å²) in [5.74, 6) is 1.46. The van der Waals surface area contributed by atoms with Crippen molar-refractivity contribution < 1.29 is 14.3 Å². The average Bonchev–Trinajstić information content (AvgIpc) is 2.84. The molecular weight excluding hydrogens is 268 g/mol. The highest BCUT2D eigenvalue weighted by Crippen LogP contribution is 2.30. The van der Waals surface area contributed by atoms with Crippen molar-refractivity contribution in [1.82, 2.24) is 9.88 Å². The van der Waals surface area contributed by atoms with Crippen molar-refractivity contribution in [3.63, 3.8) is 0 Å². The van der Waals surface area contributed by atoms with Crippen molar-refractivity contribution in [2.75, 3.05) is 14.2 Å². The van der Waals surface area contributed by atoms with Gasteiger partial charge in [0.15, 0.2) is 0 Å². The van der Waals surface area contributed by atoms with Crippen LogP contribution in [-0.2, 0) is 13.1 Å². The Hall–Kier alpha value is -2.56. The minimum absolute atomic E-state index is 0.0558. The van der Waals surface area contributed by atoms with Crippen LogP contribution >= 0.6 is 0 Å². The van der Waals surface area contributed by atoms with Crippen LogP contribution < -0.4 is 9.47 Å². The maximum atomic E-state index is 12.4. The molecule has 0 fully saturated rings. The number of benzene rings is 1. The first-order valence-corrected chi connectivity index (χ1v) is 6.67. The molecule has 0 aliphatic carbocycles. The fourth-order valence-electron chi connectivity index (χ4n) is 2.49. The fraction of sp³-hybridized carbons (Fsp3) is 0.250. The van der Waals surface area contributed by atoms with Gasteiger partial charge in [0.2, 0.25) is 0 Å². The Labute approximate surface area is 123 Å². The van der Waals surface area contributed by atoms with Gasteiger partial charge in [0.05, 0.1) is 20.8 Å². The Morgan fingerprint density at radius 3 is 2.57 bits per heavy atom. The van der Waals surface area contributed by atoms with Crippen molar-refractivity contribution in [2.45, 2.75) is 13.1 Å². The van der Waals surface area contributed by atoms with Crippen LogP contribution in [0.25, 0.3) is 0 Å². The Morgan fingerprint density at radius 1 is 1.14 bits per heavy atom. The number of ether oxygens (including phenoxy) is 2. The first-order chi connectivity index (χ1) is 10.2. The molecule has 0 atom stereocenters. The highest BCUT2D eigenvalue weighted by atomic mass is 16.5. The van der Waals surface area contributed by atoms with Gasteiger partial charge in [-0.3, -0.25) is 9.78 Å². The lowest BCUT2D eigenvalue weighted by Crippen LogP contribution is -2.23. The van der Waals surface area contributed by atoms with Gasteiger partial charge < -0.3 is 14.4 Å². The van der Waals surface area contributed by atoms with E-state index >= 15 is 0 Å². The van der Waals surface area contributed by atoms with Gasteiger partial charge in [-0.05, 0) is 23.8 Å². The number of carbonyl (C=O) groups is 1. The van der Waals surface area contributed by atoms with E-state index < -0.39 is 0 Å². The molecule has 5 heteroatoms. The lowest BCUT2D eigenvalue weighted by Gasteiger charge is -2.15. The summed E-state index contributed by atoms with van der Waals surface area (Å²) in [6, 6.07) is 9.48. The molecule has 0 N–H and O–H groups in total. The zero-order valence-electron chi connectivity index (χ0n) is 12.0. The number of rotatable bonds is 4. The molecule has 0 unspecified atom stereocenters. The third kappa shape index (κ3) is 2.42. The van der Waals surface area contributed by atoms with E-state index in [0.29, 0.717) is 24.5 Å². The molecule has 0 saturated heterocycles. The summed E-state index contributed by atoms with van der Waals surface area (Å²) in [5, 5.41) is 0. The first-order valence-electron chi connectivity index (χ1n) is 6.67. The molecule has 0 bridgehead atoms. The number of hydrogen-bond acceptors (Lipinski definition) is 4. The zero-order chi connectivity index (χ0) is 14.8. The number of nitrogens with zero attached hydrogens (tertiary/aromatic N) is 2. The van der Waals surface area contributed by atoms with Crippen LogP contribution in [0.2, 0.25) is 0 Å². The van der Waals surface area contributed by atoms with Gasteiger partial charge in [0.1, 0.15) is 17.2 Å². The molecule has 1 aliphatic heterocycles. The highest BCUT2D eigenvalue weighted by molar-refractivity contribution is 5.97. The van der Waals surface area contributed by atoms with E-state index in [4.69, 9.17) is 9.47 Å². The van der Waals surface area contributed by atoms with Crippen LogP contribution in [0.15, 0.2) is 36.5 Å². The molecule has 21 heavy (non-hydrogen) atoms. The number of methoxy groups -OCH3 is 2. The lowest BCUT2D eigenvalue weighted by atomic mass is 10.2. The number of carbonyl (C=O) groups excluding carboxylic acids is 1. The summed E-state index contributed by atoms with van der Waals surface area (Å²) < 4.78 is 10.4. The van der Waals surface area contributed by atoms with Crippen LogP contribution in [0.3, 0.4) is 0 Å². The van der Waals surface area contributed by atoms with E-state index in [-0.39, 0.29) is 5.91 Å². The topological polar surface area (TPSA) is 51.7 Å². The number of pyridine rings is 1. The Bertz CT molecular complexity index is 668. The Morgan fingerprint density at radius 2 is 1.90 bits per heavy atom. The molecule has 108 valence electrons. The molecule has 3 rings (SSSR count). The smallest absolute Gasteiger partial charge is 0.273 e. The van der Waals surface area contributed by atoms with Crippen LogP contribution in [0.4, 0.5) is 0 Å². The van der Waals surface area contributed by atoms with Gasteiger partial charge in [0, 0.05) is 18.3 Å². The van der Waals surface area contributed by atoms with Crippen LogP contribution in [0.1, 0.15) is 21.6 Å². The molecule has 1 amide bonds. The van der Waals surface area contributed by atoms with Gasteiger partial charge in [0.25, 0.3) is 5.91 Å². The summed E-state index contributed by atoms with van der Waals surface area (Å²) >= 11 is 0. The first kappa shape index (κ1) is 13.4. The summed E-state index contributed by atoms with van der Waals surface area (Å²) in [4.78, 5) is 18.3. The largest absolute Gasteiger partial charge is 0.497 e. The van der Waals surface area contributed by atoms with Crippen molar-refractivity contribution in [2.24, 2.45) is 0 Å². The number of fused-ring (bicyclic) bond motifs is 1. The van der Waals surface area contributed by atoms with Crippen LogP contribution in [0, 0.1) is 0 Å². The number of amides is 1. The van der Waals surface area contributed by atoms with E-state index in [9.17, 15) is 4.79 Å². The van der Waals surface area contributed by atoms with Crippen molar-refractivity contribution in [3.05, 3.63) is 53.3 Å². The zero-order valence-corrected chi connectivity index (χ0v) is 12.0. The molecule has 1 aliphatic rings. The lowest BCUT2D eigenvalue weighted by molar-refractivity contribution is 0.0762. The van der Waals surface area contributed by atoms with Crippen molar-refractivity contribution in [3.8, 4) is 11.5 Å². The number of aromatic nitrogens is 1. The van der Waals surface area contributed by atoms with Crippen LogP contribution in [-0.4, -0.2) is 30.0 Å². The van der Waals surface area contributed by atoms with Gasteiger partial charge in [-0.1, -0.05) is 12.1 Å². The minimum Gasteiger partial charge on any atom is -0.497 e. The maximum Gasteiger partial charge on any atom is 0.273 e. The van der Waals surface area contributed by atoms with Gasteiger partial charge in [-0.15, -0.1) is 0 Å². The normalized spacial score (nSPS) is 13.2. The summed E-state index contributed by atoms with van der Waals surface area (Å²) in [7, 11) is 3.24. The van der Waals surface area contributed by atoms with Gasteiger partial charge in [-0.25, -0.2) is 0 Å². The monoisotopic (exact) mass is 284 g/mol. The molecule has 2 heterocycles. The minimum atomic E-state index is -0.0558. The summed E-state index contributed by atoms with van der Waals surface area (Å²) in [5.41, 5.74) is 2.40. The van der Waals surface area contributed by atoms with E-state index in [2.05, 4.69) is 4.98 Å². The standard InChI is InChI=1S/C16H16N2O3/c1-20-12-5-3-11(4-6-12)9-18-10-13-14(21-2)7-8-17-15(13)16(18)19/h3-8H,9-10H2,1-2H3. The quantitative estimate of drug-likeness (QED) is 0.864. The second-order valence-corrected chi connectivity index (χ2v) is 4.85. The average molecular weight is 284 g/mol. The van der Waals surface area contributed by atoms with Gasteiger partial charge in [-0.2, -0.15) is 0 Å². The van der Waals surface area contributed by atoms with E-state index in [0.717, 1.165) is 16.9 Å². The predicted molar refractivity (Wildman–Crippen MR) is 77.4 cm³/mol. The molecule has 1 aromatic heterocycles. The Kier molecular flexibility index (Phi) is 3.48. The second-order valence-electron chi connectivity index (χ2n) is 4.85. The van der Waals surface area contributed by atoms with E-state index in [1.807, 2.05) is 24.3 Å². The van der Waals surface area contributed by atoms with E-state index in [1.54, 1.807) is 31.4 Å². The third-order valence-electron chi connectivity index (χ3n) is 3.60. The summed E-state index contributed by atoms with van der Waals surface area (Å²) in [6.07, 6.45) is 1.60. The van der Waals surface area contributed by atoms with Gasteiger partial charge >= 0.3 is 0 Å². The van der Waals surface area contributed by atoms with Crippen molar-refractivity contribution >= 4 is 5.91 Å². The maximum absolute atomic E-state index is 12.4. The fourth-order valence-corrected chi connectivity index (χ4v) is 2.49. The molecule has 0 spiro atoms. The number of hydrogen-bond donors (Lipinski definition) is 0.